The summed E-state index contributed by atoms with van der Waals surface area (Å²) in [7, 11) is 0. The molecule has 0 amide bonds. The summed E-state index contributed by atoms with van der Waals surface area (Å²) in [4.78, 5) is 0. The van der Waals surface area contributed by atoms with Gasteiger partial charge in [0.05, 0.1) is 58.0 Å². The third-order valence-electron chi connectivity index (χ3n) is 22.1. The van der Waals surface area contributed by atoms with Crippen LogP contribution in [0.3, 0.4) is 0 Å². The summed E-state index contributed by atoms with van der Waals surface area (Å²) < 4.78 is 73.2. The molecule has 11 rings (SSSR count). The summed E-state index contributed by atoms with van der Waals surface area (Å²) in [5.74, 6) is 1.48. The van der Waals surface area contributed by atoms with Crippen molar-refractivity contribution in [3.63, 3.8) is 0 Å². The predicted molar refractivity (Wildman–Crippen MR) is 276 cm³/mol. The zero-order valence-corrected chi connectivity index (χ0v) is 47.8. The van der Waals surface area contributed by atoms with Crippen LogP contribution >= 0.6 is 0 Å². The van der Waals surface area contributed by atoms with Crippen LogP contribution in [-0.4, -0.2) is 293 Å². The molecule has 0 aromatic heterocycles. The van der Waals surface area contributed by atoms with Crippen LogP contribution in [0.15, 0.2) is 0 Å². The molecule has 84 heavy (non-hydrogen) atoms. The van der Waals surface area contributed by atoms with Gasteiger partial charge in [-0.25, -0.2) is 0 Å². The van der Waals surface area contributed by atoms with E-state index in [-0.39, 0.29) is 28.8 Å². The van der Waals surface area contributed by atoms with Crippen molar-refractivity contribution in [3.05, 3.63) is 0 Å². The first kappa shape index (κ1) is 64.4. The average molecular weight is 1210 g/mol. The quantitative estimate of drug-likeness (QED) is 0.0722. The van der Waals surface area contributed by atoms with Gasteiger partial charge in [0.2, 0.25) is 0 Å². The van der Waals surface area contributed by atoms with Gasteiger partial charge in [0.25, 0.3) is 0 Å². The lowest BCUT2D eigenvalue weighted by Gasteiger charge is -2.62. The molecular weight excluding hydrogens is 1120 g/mol. The van der Waals surface area contributed by atoms with Gasteiger partial charge in [-0.2, -0.15) is 0 Å². The molecule has 7 saturated heterocycles. The van der Waals surface area contributed by atoms with Gasteiger partial charge in [-0.05, 0) is 97.7 Å². The minimum absolute atomic E-state index is 0.0462. The Morgan fingerprint density at radius 3 is 1.65 bits per heavy atom. The third kappa shape index (κ3) is 11.2. The molecule has 7 aliphatic heterocycles. The SMILES string of the molecule is C[C@@H]1CC[C@@]2(OC1)O[C@H]1C[C@H]3[C@@H]4C[C@@H](O)[C@H]5C[C@@H](O[C@@H]6O[C@H](CO)[C@H](O[C@@H]7O[C@H](CO)[C@@H](O)[C@H](O[C@@H]8OC[C@@H](O)[C@H](O)[C@H]8O)[C@H]7O[C@@H]7O[C@H](CO)[C@@H](O)[C@H](O[C@@H]8O[C@H](CO)[C@@H](O)[C@H](O)[C@H]8O)[C@H]7O)[C@H](O)[C@H]6O)CC[C@]5(C)[C@H]4CC[C@]3(C)[C@H]1[C@@H]2C. The molecular formula is C56H92O28. The molecule has 0 aromatic carbocycles. The molecule has 1 spiro atoms. The van der Waals surface area contributed by atoms with Crippen molar-refractivity contribution >= 4 is 0 Å². The van der Waals surface area contributed by atoms with Crippen molar-refractivity contribution < 1.29 is 139 Å². The molecule has 11 aliphatic rings. The number of aliphatic hydroxyl groups excluding tert-OH is 16. The van der Waals surface area contributed by atoms with Crippen LogP contribution in [0.1, 0.15) is 85.5 Å². The Morgan fingerprint density at radius 2 is 0.988 bits per heavy atom. The molecule has 11 fully saturated rings. The number of ether oxygens (including phenoxy) is 12. The van der Waals surface area contributed by atoms with Gasteiger partial charge in [-0.1, -0.05) is 27.7 Å². The van der Waals surface area contributed by atoms with E-state index < -0.39 is 198 Å². The van der Waals surface area contributed by atoms with Gasteiger partial charge in [-0.3, -0.25) is 0 Å². The zero-order valence-electron chi connectivity index (χ0n) is 47.8. The summed E-state index contributed by atoms with van der Waals surface area (Å²) in [6.45, 7) is 5.72. The van der Waals surface area contributed by atoms with E-state index in [0.717, 1.165) is 32.1 Å². The summed E-state index contributed by atoms with van der Waals surface area (Å²) in [6.07, 6.45) is -38.5. The predicted octanol–water partition coefficient (Wildman–Crippen LogP) is -5.48. The van der Waals surface area contributed by atoms with Gasteiger partial charge in [0.15, 0.2) is 37.2 Å². The monoisotopic (exact) mass is 1210 g/mol. The second-order valence-corrected chi connectivity index (χ2v) is 26.8. The van der Waals surface area contributed by atoms with E-state index >= 15 is 0 Å². The third-order valence-corrected chi connectivity index (χ3v) is 22.1. The van der Waals surface area contributed by atoms with Gasteiger partial charge in [-0.15, -0.1) is 0 Å². The van der Waals surface area contributed by atoms with Crippen LogP contribution in [0.5, 0.6) is 0 Å². The standard InChI is InChI=1S/C56H92O28/c1-20-5-10-56(74-18-20)21(2)34-29(84-56)13-25-23-12-27(61)26-11-22(6-8-54(26,3)24(23)7-9-55(25,34)4)75-50-43(71)40(68)45(33(17-60)79-50)80-53-48(47(38(66)32(16-59)78-53)82-49-41(69)35(63)28(62)19-73-49)83-52-44(72)46(37(65)31(15-58)77-52)81-51-42(70)39(67)36(64)30(14-57)76-51/h20-53,57-72H,5-19H2,1-4H3/t20-,21+,22+,23-,24+,25+,26-,27-,28-,29+,30-,31-,32-,33-,34+,35+,36-,37-,38-,39+,40-,41-,42-,43-,44-,45+,46+,47+,48-,49+,50-,51+,52+,53+,54-,55+,56-/m1/s1. The van der Waals surface area contributed by atoms with Gasteiger partial charge < -0.3 is 139 Å². The Morgan fingerprint density at radius 1 is 0.429 bits per heavy atom. The molecule has 28 nitrogen and oxygen atoms in total. The highest BCUT2D eigenvalue weighted by Crippen LogP contribution is 2.71. The lowest BCUT2D eigenvalue weighted by molar-refractivity contribution is -0.409. The van der Waals surface area contributed by atoms with Gasteiger partial charge in [0.1, 0.15) is 116 Å². The summed E-state index contributed by atoms with van der Waals surface area (Å²) in [5, 5.41) is 176. The van der Waals surface area contributed by atoms with Gasteiger partial charge >= 0.3 is 0 Å². The first-order valence-corrected chi connectivity index (χ1v) is 30.3. The summed E-state index contributed by atoms with van der Waals surface area (Å²) in [6, 6.07) is 0. The second kappa shape index (κ2) is 25.2. The summed E-state index contributed by atoms with van der Waals surface area (Å²) >= 11 is 0. The normalized spacial score (nSPS) is 57.7. The van der Waals surface area contributed by atoms with E-state index in [9.17, 15) is 81.7 Å². The van der Waals surface area contributed by atoms with Crippen LogP contribution in [0.25, 0.3) is 0 Å². The van der Waals surface area contributed by atoms with E-state index in [1.165, 1.54) is 0 Å². The number of fused-ring (bicyclic) bond motifs is 7. The molecule has 4 saturated carbocycles. The van der Waals surface area contributed by atoms with E-state index in [4.69, 9.17) is 56.8 Å². The molecule has 484 valence electrons. The molecule has 7 heterocycles. The van der Waals surface area contributed by atoms with Crippen LogP contribution < -0.4 is 0 Å². The maximum absolute atomic E-state index is 12.2. The first-order valence-electron chi connectivity index (χ1n) is 30.3. The largest absolute Gasteiger partial charge is 0.394 e. The number of hydrogen-bond donors (Lipinski definition) is 16. The zero-order chi connectivity index (χ0) is 60.2. The van der Waals surface area contributed by atoms with Crippen molar-refractivity contribution in [2.45, 2.75) is 257 Å². The molecule has 0 unspecified atom stereocenters. The summed E-state index contributed by atoms with van der Waals surface area (Å²) in [5.41, 5.74) is -0.182. The van der Waals surface area contributed by atoms with Crippen molar-refractivity contribution in [2.75, 3.05) is 39.6 Å². The fourth-order valence-electron chi connectivity index (χ4n) is 17.4. The fourth-order valence-corrected chi connectivity index (χ4v) is 17.4. The number of hydrogen-bond acceptors (Lipinski definition) is 28. The van der Waals surface area contributed by atoms with Crippen molar-refractivity contribution in [3.8, 4) is 0 Å². The Balaban J connectivity index is 0.791. The molecule has 16 N–H and O–H groups in total. The highest BCUT2D eigenvalue weighted by atomic mass is 16.8. The van der Waals surface area contributed by atoms with Crippen molar-refractivity contribution in [1.82, 2.24) is 0 Å². The topological polar surface area (TPSA) is 434 Å². The highest BCUT2D eigenvalue weighted by molar-refractivity contribution is 5.17. The minimum atomic E-state index is -2.20. The fraction of sp³-hybridized carbons (Fsp3) is 1.00. The van der Waals surface area contributed by atoms with Crippen LogP contribution in [-0.2, 0) is 56.8 Å². The highest BCUT2D eigenvalue weighted by Gasteiger charge is 2.70. The Bertz CT molecular complexity index is 2180. The molecule has 37 atom stereocenters. The number of rotatable bonds is 14. The smallest absolute Gasteiger partial charge is 0.187 e. The molecule has 28 heteroatoms. The van der Waals surface area contributed by atoms with Crippen LogP contribution in [0.4, 0.5) is 0 Å². The maximum atomic E-state index is 12.2. The minimum Gasteiger partial charge on any atom is -0.394 e. The molecule has 0 radical (unpaired) electrons. The van der Waals surface area contributed by atoms with Crippen LogP contribution in [0, 0.1) is 52.3 Å². The van der Waals surface area contributed by atoms with Crippen molar-refractivity contribution in [2.24, 2.45) is 52.3 Å². The van der Waals surface area contributed by atoms with Crippen LogP contribution in [0.2, 0.25) is 0 Å². The lowest BCUT2D eigenvalue weighted by Crippen LogP contribution is -2.69. The van der Waals surface area contributed by atoms with E-state index in [1.807, 2.05) is 0 Å². The first-order chi connectivity index (χ1) is 39.9. The van der Waals surface area contributed by atoms with E-state index in [1.54, 1.807) is 0 Å². The van der Waals surface area contributed by atoms with Gasteiger partial charge in [0, 0.05) is 12.3 Å². The van der Waals surface area contributed by atoms with E-state index in [0.29, 0.717) is 61.9 Å². The molecule has 0 aromatic rings. The second-order valence-electron chi connectivity index (χ2n) is 26.8. The maximum Gasteiger partial charge on any atom is 0.187 e. The van der Waals surface area contributed by atoms with Crippen molar-refractivity contribution in [1.29, 1.82) is 0 Å². The van der Waals surface area contributed by atoms with E-state index in [2.05, 4.69) is 27.7 Å². The Kier molecular flexibility index (Phi) is 19.3. The molecule has 4 aliphatic carbocycles. The number of aliphatic hydroxyl groups is 16. The average Bonchev–Trinajstić information content (AvgIpc) is 1.53. The Labute approximate surface area is 486 Å². The lowest BCUT2D eigenvalue weighted by atomic mass is 9.43. The molecule has 0 bridgehead atoms. The Hall–Kier alpha value is -1.12.